The minimum absolute atomic E-state index is 0.154. The SMILES string of the molecule is COc1c(F)cc2c(c1CC1CCNCC1)OCO2. The van der Waals surface area contributed by atoms with Crippen molar-refractivity contribution in [1.29, 1.82) is 0 Å². The van der Waals surface area contributed by atoms with E-state index >= 15 is 0 Å². The van der Waals surface area contributed by atoms with Crippen molar-refractivity contribution in [3.05, 3.63) is 17.4 Å². The molecule has 0 bridgehead atoms. The third-order valence-electron chi connectivity index (χ3n) is 3.82. The normalized spacial score (nSPS) is 18.6. The van der Waals surface area contributed by atoms with Gasteiger partial charge >= 0.3 is 0 Å². The van der Waals surface area contributed by atoms with E-state index in [2.05, 4.69) is 5.32 Å². The van der Waals surface area contributed by atoms with Crippen LogP contribution in [0.25, 0.3) is 0 Å². The van der Waals surface area contributed by atoms with Crippen molar-refractivity contribution in [2.75, 3.05) is 27.0 Å². The van der Waals surface area contributed by atoms with Crippen LogP contribution in [0.4, 0.5) is 4.39 Å². The number of benzene rings is 1. The van der Waals surface area contributed by atoms with Crippen molar-refractivity contribution in [3.63, 3.8) is 0 Å². The van der Waals surface area contributed by atoms with E-state index in [1.165, 1.54) is 13.2 Å². The number of piperidine rings is 1. The lowest BCUT2D eigenvalue weighted by Crippen LogP contribution is -2.28. The molecule has 0 atom stereocenters. The maximum Gasteiger partial charge on any atom is 0.231 e. The van der Waals surface area contributed by atoms with Gasteiger partial charge in [-0.2, -0.15) is 0 Å². The van der Waals surface area contributed by atoms with Crippen LogP contribution in [0, 0.1) is 11.7 Å². The number of ether oxygens (including phenoxy) is 3. The van der Waals surface area contributed by atoms with Gasteiger partial charge < -0.3 is 19.5 Å². The standard InChI is InChI=1S/C14H18FNO3/c1-17-13-10(6-9-2-4-16-5-3-9)14-12(7-11(13)15)18-8-19-14/h7,9,16H,2-6,8H2,1H3. The van der Waals surface area contributed by atoms with Crippen molar-refractivity contribution in [2.24, 2.45) is 5.92 Å². The van der Waals surface area contributed by atoms with E-state index in [4.69, 9.17) is 14.2 Å². The molecule has 1 N–H and O–H groups in total. The van der Waals surface area contributed by atoms with E-state index in [-0.39, 0.29) is 12.6 Å². The van der Waals surface area contributed by atoms with Crippen LogP contribution < -0.4 is 19.5 Å². The molecule has 1 aromatic carbocycles. The summed E-state index contributed by atoms with van der Waals surface area (Å²) in [4.78, 5) is 0. The van der Waals surface area contributed by atoms with Crippen LogP contribution in [0.3, 0.4) is 0 Å². The molecule has 2 heterocycles. The van der Waals surface area contributed by atoms with Gasteiger partial charge in [0, 0.05) is 11.6 Å². The lowest BCUT2D eigenvalue weighted by molar-refractivity contribution is 0.172. The maximum absolute atomic E-state index is 14.0. The highest BCUT2D eigenvalue weighted by atomic mass is 19.1. The summed E-state index contributed by atoms with van der Waals surface area (Å²) in [6, 6.07) is 1.34. The van der Waals surface area contributed by atoms with Crippen molar-refractivity contribution in [2.45, 2.75) is 19.3 Å². The molecule has 1 aromatic rings. The predicted octanol–water partition coefficient (Wildman–Crippen LogP) is 2.11. The number of halogens is 1. The first-order valence-corrected chi connectivity index (χ1v) is 6.65. The summed E-state index contributed by atoms with van der Waals surface area (Å²) in [5, 5.41) is 3.33. The Balaban J connectivity index is 1.93. The second-order valence-corrected chi connectivity index (χ2v) is 5.00. The van der Waals surface area contributed by atoms with Gasteiger partial charge in [0.1, 0.15) is 0 Å². The summed E-state index contributed by atoms with van der Waals surface area (Å²) >= 11 is 0. The Hall–Kier alpha value is -1.49. The fourth-order valence-electron chi connectivity index (χ4n) is 2.84. The van der Waals surface area contributed by atoms with Crippen LogP contribution >= 0.6 is 0 Å². The van der Waals surface area contributed by atoms with Gasteiger partial charge in [0.05, 0.1) is 7.11 Å². The molecule has 0 amide bonds. The van der Waals surface area contributed by atoms with Gasteiger partial charge in [0.15, 0.2) is 23.1 Å². The molecule has 5 heteroatoms. The van der Waals surface area contributed by atoms with Gasteiger partial charge in [0.25, 0.3) is 0 Å². The molecule has 0 aromatic heterocycles. The molecule has 1 fully saturated rings. The minimum Gasteiger partial charge on any atom is -0.493 e. The van der Waals surface area contributed by atoms with Crippen LogP contribution in [0.2, 0.25) is 0 Å². The molecule has 104 valence electrons. The van der Waals surface area contributed by atoms with Crippen LogP contribution in [-0.4, -0.2) is 27.0 Å². The minimum atomic E-state index is -0.379. The first kappa shape index (κ1) is 12.5. The van der Waals surface area contributed by atoms with Crippen LogP contribution in [0.1, 0.15) is 18.4 Å². The summed E-state index contributed by atoms with van der Waals surface area (Å²) in [5.74, 6) is 1.59. The summed E-state index contributed by atoms with van der Waals surface area (Å²) in [6.07, 6.45) is 2.96. The van der Waals surface area contributed by atoms with E-state index in [1.54, 1.807) is 0 Å². The van der Waals surface area contributed by atoms with Gasteiger partial charge in [0.2, 0.25) is 6.79 Å². The van der Waals surface area contributed by atoms with Crippen molar-refractivity contribution in [3.8, 4) is 17.2 Å². The molecule has 2 aliphatic rings. The molecule has 0 radical (unpaired) electrons. The topological polar surface area (TPSA) is 39.7 Å². The number of methoxy groups -OCH3 is 1. The largest absolute Gasteiger partial charge is 0.493 e. The molecule has 4 nitrogen and oxygen atoms in total. The first-order chi connectivity index (χ1) is 9.29. The van der Waals surface area contributed by atoms with Gasteiger partial charge in [-0.3, -0.25) is 0 Å². The zero-order chi connectivity index (χ0) is 13.2. The maximum atomic E-state index is 14.0. The van der Waals surface area contributed by atoms with Crippen LogP contribution in [0.5, 0.6) is 17.2 Å². The Labute approximate surface area is 111 Å². The third kappa shape index (κ3) is 2.34. The quantitative estimate of drug-likeness (QED) is 0.910. The molecular weight excluding hydrogens is 249 g/mol. The van der Waals surface area contributed by atoms with Crippen molar-refractivity contribution < 1.29 is 18.6 Å². The first-order valence-electron chi connectivity index (χ1n) is 6.65. The number of fused-ring (bicyclic) bond motifs is 1. The van der Waals surface area contributed by atoms with Gasteiger partial charge in [-0.25, -0.2) is 4.39 Å². The highest BCUT2D eigenvalue weighted by molar-refractivity contribution is 5.56. The lowest BCUT2D eigenvalue weighted by Gasteiger charge is -2.24. The summed E-state index contributed by atoms with van der Waals surface area (Å²) in [7, 11) is 1.49. The molecule has 1 saturated heterocycles. The summed E-state index contributed by atoms with van der Waals surface area (Å²) in [6.45, 7) is 2.19. The number of hydrogen-bond acceptors (Lipinski definition) is 4. The van der Waals surface area contributed by atoms with E-state index in [1.807, 2.05) is 0 Å². The van der Waals surface area contributed by atoms with E-state index in [0.717, 1.165) is 37.9 Å². The van der Waals surface area contributed by atoms with Crippen LogP contribution in [-0.2, 0) is 6.42 Å². The fourth-order valence-corrected chi connectivity index (χ4v) is 2.84. The highest BCUT2D eigenvalue weighted by Gasteiger charge is 2.27. The Morgan fingerprint density at radius 1 is 1.37 bits per heavy atom. The van der Waals surface area contributed by atoms with Gasteiger partial charge in [-0.05, 0) is 38.3 Å². The number of rotatable bonds is 3. The molecule has 19 heavy (non-hydrogen) atoms. The summed E-state index contributed by atoms with van der Waals surface area (Å²) in [5.41, 5.74) is 0.807. The van der Waals surface area contributed by atoms with Crippen molar-refractivity contribution in [1.82, 2.24) is 5.32 Å². The lowest BCUT2D eigenvalue weighted by atomic mass is 9.90. The van der Waals surface area contributed by atoms with Gasteiger partial charge in [-0.1, -0.05) is 0 Å². The molecule has 0 spiro atoms. The Morgan fingerprint density at radius 2 is 2.16 bits per heavy atom. The number of hydrogen-bond donors (Lipinski definition) is 1. The highest BCUT2D eigenvalue weighted by Crippen LogP contribution is 2.44. The smallest absolute Gasteiger partial charge is 0.231 e. The average molecular weight is 267 g/mol. The Morgan fingerprint density at radius 3 is 2.89 bits per heavy atom. The Kier molecular flexibility index (Phi) is 3.46. The predicted molar refractivity (Wildman–Crippen MR) is 68.4 cm³/mol. The number of nitrogens with one attached hydrogen (secondary N) is 1. The zero-order valence-electron chi connectivity index (χ0n) is 11.0. The molecular formula is C14H18FNO3. The molecule has 2 aliphatic heterocycles. The van der Waals surface area contributed by atoms with Crippen molar-refractivity contribution >= 4 is 0 Å². The molecule has 0 unspecified atom stereocenters. The van der Waals surface area contributed by atoms with E-state index in [9.17, 15) is 4.39 Å². The molecule has 0 saturated carbocycles. The van der Waals surface area contributed by atoms with E-state index in [0.29, 0.717) is 23.2 Å². The molecule has 3 rings (SSSR count). The zero-order valence-corrected chi connectivity index (χ0v) is 11.0. The fraction of sp³-hybridized carbons (Fsp3) is 0.571. The Bertz CT molecular complexity index is 468. The monoisotopic (exact) mass is 267 g/mol. The van der Waals surface area contributed by atoms with Gasteiger partial charge in [-0.15, -0.1) is 0 Å². The summed E-state index contributed by atoms with van der Waals surface area (Å²) < 4.78 is 30.0. The van der Waals surface area contributed by atoms with E-state index < -0.39 is 0 Å². The molecule has 0 aliphatic carbocycles. The third-order valence-corrected chi connectivity index (χ3v) is 3.82. The second-order valence-electron chi connectivity index (χ2n) is 5.00. The second kappa shape index (κ2) is 5.25. The van der Waals surface area contributed by atoms with Crippen LogP contribution in [0.15, 0.2) is 6.07 Å². The average Bonchev–Trinajstić information content (AvgIpc) is 2.88.